The van der Waals surface area contributed by atoms with E-state index >= 15 is 0 Å². The molecule has 1 atom stereocenters. The van der Waals surface area contributed by atoms with Crippen LogP contribution in [0.1, 0.15) is 58.3 Å². The van der Waals surface area contributed by atoms with Gasteiger partial charge in [-0.3, -0.25) is 4.79 Å². The predicted molar refractivity (Wildman–Crippen MR) is 151 cm³/mol. The highest BCUT2D eigenvalue weighted by Crippen LogP contribution is 2.45. The maximum atomic E-state index is 12.8. The lowest BCUT2D eigenvalue weighted by Crippen LogP contribution is -2.25. The summed E-state index contributed by atoms with van der Waals surface area (Å²) in [5.41, 5.74) is 5.87. The van der Waals surface area contributed by atoms with Gasteiger partial charge in [-0.1, -0.05) is 62.0 Å². The molecular formula is C29H34N6OS. The molecule has 0 radical (unpaired) electrons. The Hall–Kier alpha value is -3.65. The van der Waals surface area contributed by atoms with Gasteiger partial charge in [-0.2, -0.15) is 0 Å². The molecule has 0 amide bonds. The van der Waals surface area contributed by atoms with Crippen LogP contribution in [-0.2, 0) is 7.05 Å². The van der Waals surface area contributed by atoms with Gasteiger partial charge in [0.25, 0.3) is 5.91 Å². The topological polar surface area (TPSA) is 70.5 Å². The maximum absolute atomic E-state index is 12.8. The molecule has 3 aromatic rings. The van der Waals surface area contributed by atoms with E-state index in [9.17, 15) is 4.79 Å². The van der Waals surface area contributed by atoms with Crippen LogP contribution < -0.4 is 0 Å². The number of rotatable bonds is 6. The summed E-state index contributed by atoms with van der Waals surface area (Å²) in [5, 5.41) is 0. The Morgan fingerprint density at radius 2 is 1.92 bits per heavy atom. The molecule has 4 rings (SSSR count). The molecule has 3 aromatic heterocycles. The second-order valence-electron chi connectivity index (χ2n) is 10.3. The monoisotopic (exact) mass is 514 g/mol. The van der Waals surface area contributed by atoms with Crippen molar-refractivity contribution < 1.29 is 4.79 Å². The SMILES string of the molecule is CC1=C(/C=C/C(C)=C/C=C/C(C)=C/C(=O)n2cnc3c(=S)n(C)cnc32)C(C)(C)CCC1n1ccnc1. The lowest BCUT2D eigenvalue weighted by molar-refractivity contribution is 0.0972. The van der Waals surface area contributed by atoms with Crippen molar-refractivity contribution in [2.75, 3.05) is 0 Å². The highest BCUT2D eigenvalue weighted by Gasteiger charge is 2.32. The van der Waals surface area contributed by atoms with Crippen LogP contribution in [0.15, 0.2) is 90.1 Å². The fourth-order valence-electron chi connectivity index (χ4n) is 4.82. The van der Waals surface area contributed by atoms with Crippen LogP contribution in [0.2, 0.25) is 0 Å². The number of carbonyl (C=O) groups excluding carboxylic acids is 1. The highest BCUT2D eigenvalue weighted by atomic mass is 32.1. The molecule has 0 saturated heterocycles. The summed E-state index contributed by atoms with van der Waals surface area (Å²) in [6, 6.07) is 0.355. The zero-order chi connectivity index (χ0) is 26.7. The summed E-state index contributed by atoms with van der Waals surface area (Å²) < 4.78 is 5.88. The smallest absolute Gasteiger partial charge is 0.257 e. The largest absolute Gasteiger partial charge is 0.330 e. The number of hydrogen-bond donors (Lipinski definition) is 0. The minimum absolute atomic E-state index is 0.128. The van der Waals surface area contributed by atoms with Gasteiger partial charge < -0.3 is 9.13 Å². The molecule has 0 aliphatic heterocycles. The van der Waals surface area contributed by atoms with Crippen molar-refractivity contribution in [1.29, 1.82) is 0 Å². The molecule has 0 saturated carbocycles. The fourth-order valence-corrected chi connectivity index (χ4v) is 5.01. The van der Waals surface area contributed by atoms with Gasteiger partial charge >= 0.3 is 0 Å². The molecule has 7 nitrogen and oxygen atoms in total. The van der Waals surface area contributed by atoms with Gasteiger partial charge in [-0.05, 0) is 55.7 Å². The van der Waals surface area contributed by atoms with E-state index in [4.69, 9.17) is 12.2 Å². The van der Waals surface area contributed by atoms with E-state index in [1.54, 1.807) is 17.0 Å². The van der Waals surface area contributed by atoms with Gasteiger partial charge in [0, 0.05) is 25.5 Å². The molecule has 0 N–H and O–H groups in total. The first-order valence-electron chi connectivity index (χ1n) is 12.4. The Morgan fingerprint density at radius 3 is 2.65 bits per heavy atom. The molecule has 37 heavy (non-hydrogen) atoms. The van der Waals surface area contributed by atoms with Crippen LogP contribution >= 0.6 is 12.2 Å². The third-order valence-electron chi connectivity index (χ3n) is 7.02. The molecule has 192 valence electrons. The molecule has 3 heterocycles. The molecule has 1 aliphatic carbocycles. The first-order valence-corrected chi connectivity index (χ1v) is 12.8. The minimum atomic E-state index is -0.213. The summed E-state index contributed by atoms with van der Waals surface area (Å²) >= 11 is 5.36. The number of aromatic nitrogens is 6. The molecule has 0 spiro atoms. The molecule has 1 aliphatic rings. The van der Waals surface area contributed by atoms with E-state index in [1.807, 2.05) is 44.8 Å². The van der Waals surface area contributed by atoms with Crippen LogP contribution in [0.25, 0.3) is 11.2 Å². The van der Waals surface area contributed by atoms with Crippen LogP contribution in [0, 0.1) is 10.1 Å². The van der Waals surface area contributed by atoms with Gasteiger partial charge in [-0.25, -0.2) is 19.5 Å². The summed E-state index contributed by atoms with van der Waals surface area (Å²) in [6.45, 7) is 10.9. The fraction of sp³-hybridized carbons (Fsp3) is 0.345. The summed E-state index contributed by atoms with van der Waals surface area (Å²) in [5.74, 6) is -0.213. The molecule has 0 bridgehead atoms. The standard InChI is InChI=1S/C29H34N6OS/c1-20(10-11-23-22(3)24(12-13-29(23,4)5)34-15-14-30-17-34)8-7-9-21(2)16-25(36)35-19-31-26-27(35)32-18-33(6)28(26)37/h7-11,14-19,24H,12-13H2,1-6H3/b9-7+,11-10+,20-8+,21-16+. The van der Waals surface area contributed by atoms with Crippen molar-refractivity contribution in [3.8, 4) is 0 Å². The quantitative estimate of drug-likeness (QED) is 0.207. The lowest BCUT2D eigenvalue weighted by atomic mass is 9.71. The van der Waals surface area contributed by atoms with Crippen LogP contribution in [0.5, 0.6) is 0 Å². The second kappa shape index (κ2) is 10.8. The van der Waals surface area contributed by atoms with Crippen molar-refractivity contribution >= 4 is 29.3 Å². The Kier molecular flexibility index (Phi) is 7.68. The summed E-state index contributed by atoms with van der Waals surface area (Å²) in [4.78, 5) is 25.6. The van der Waals surface area contributed by atoms with Gasteiger partial charge in [0.1, 0.15) is 16.5 Å². The van der Waals surface area contributed by atoms with E-state index in [0.29, 0.717) is 21.8 Å². The van der Waals surface area contributed by atoms with Gasteiger partial charge in [0.2, 0.25) is 0 Å². The zero-order valence-corrected chi connectivity index (χ0v) is 23.2. The maximum Gasteiger partial charge on any atom is 0.257 e. The van der Waals surface area contributed by atoms with Gasteiger partial charge in [0.05, 0.1) is 18.7 Å². The Morgan fingerprint density at radius 1 is 1.14 bits per heavy atom. The van der Waals surface area contributed by atoms with Crippen LogP contribution in [0.4, 0.5) is 0 Å². The Labute approximate surface area is 223 Å². The van der Waals surface area contributed by atoms with Gasteiger partial charge in [0.15, 0.2) is 5.65 Å². The third-order valence-corrected chi connectivity index (χ3v) is 7.50. The Balaban J connectivity index is 1.48. The van der Waals surface area contributed by atoms with E-state index in [-0.39, 0.29) is 11.3 Å². The predicted octanol–water partition coefficient (Wildman–Crippen LogP) is 6.72. The lowest BCUT2D eigenvalue weighted by Gasteiger charge is -2.37. The highest BCUT2D eigenvalue weighted by molar-refractivity contribution is 7.71. The number of hydrogen-bond acceptors (Lipinski definition) is 5. The number of carbonyl (C=O) groups is 1. The summed E-state index contributed by atoms with van der Waals surface area (Å²) in [6.07, 6.45) is 23.0. The number of allylic oxidation sites excluding steroid dienone is 10. The van der Waals surface area contributed by atoms with E-state index in [0.717, 1.165) is 24.0 Å². The van der Waals surface area contributed by atoms with E-state index in [2.05, 4.69) is 65.4 Å². The van der Waals surface area contributed by atoms with Gasteiger partial charge in [-0.15, -0.1) is 0 Å². The molecule has 0 aromatic carbocycles. The van der Waals surface area contributed by atoms with Crippen LogP contribution in [-0.4, -0.2) is 34.6 Å². The number of aryl methyl sites for hydroxylation is 1. The van der Waals surface area contributed by atoms with Crippen LogP contribution in [0.3, 0.4) is 0 Å². The first-order chi connectivity index (χ1) is 17.6. The molecule has 1 unspecified atom stereocenters. The van der Waals surface area contributed by atoms with Crippen molar-refractivity contribution in [2.45, 2.75) is 53.5 Å². The Bertz CT molecular complexity index is 1530. The minimum Gasteiger partial charge on any atom is -0.330 e. The van der Waals surface area contributed by atoms with E-state index in [1.165, 1.54) is 22.0 Å². The molecule has 0 fully saturated rings. The van der Waals surface area contributed by atoms with Crippen molar-refractivity contribution in [2.24, 2.45) is 12.5 Å². The normalized spacial score (nSPS) is 19.0. The number of fused-ring (bicyclic) bond motifs is 1. The number of nitrogens with zero attached hydrogens (tertiary/aromatic N) is 6. The summed E-state index contributed by atoms with van der Waals surface area (Å²) in [7, 11) is 1.81. The second-order valence-corrected chi connectivity index (χ2v) is 10.7. The van der Waals surface area contributed by atoms with Crippen molar-refractivity contribution in [1.82, 2.24) is 28.7 Å². The molecular weight excluding hydrogens is 480 g/mol. The van der Waals surface area contributed by atoms with Crippen molar-refractivity contribution in [3.05, 3.63) is 94.8 Å². The van der Waals surface area contributed by atoms with E-state index < -0.39 is 0 Å². The average molecular weight is 515 g/mol. The zero-order valence-electron chi connectivity index (χ0n) is 22.3. The first kappa shape index (κ1) is 26.4. The third kappa shape index (κ3) is 5.69. The molecule has 8 heteroatoms. The number of imidazole rings is 2. The van der Waals surface area contributed by atoms with Crippen molar-refractivity contribution in [3.63, 3.8) is 0 Å². The average Bonchev–Trinajstić information content (AvgIpc) is 3.51.